The molecular weight excluding hydrogens is 252 g/mol. The molecule has 0 aliphatic carbocycles. The van der Waals surface area contributed by atoms with Gasteiger partial charge in [-0.2, -0.15) is 0 Å². The van der Waals surface area contributed by atoms with Gasteiger partial charge in [0.25, 0.3) is 0 Å². The molecule has 0 fully saturated rings. The Labute approximate surface area is 118 Å². The lowest BCUT2D eigenvalue weighted by molar-refractivity contribution is 0.772. The molecule has 0 saturated heterocycles. The van der Waals surface area contributed by atoms with Crippen LogP contribution in [0.4, 0.5) is 11.6 Å². The minimum Gasteiger partial charge on any atom is -0.366 e. The van der Waals surface area contributed by atoms with Crippen LogP contribution in [0.3, 0.4) is 0 Å². The highest BCUT2D eigenvalue weighted by Gasteiger charge is 2.12. The standard InChI is InChI=1S/C14H20N6/c1-9(2)12-18-13(10(3)14(19-12)20-15)17-8-11-4-6-16-7-5-11/h4-7,9H,8,15H2,1-3H3,(H2,17,18,19,20). The normalized spacial score (nSPS) is 10.7. The summed E-state index contributed by atoms with van der Waals surface area (Å²) >= 11 is 0. The van der Waals surface area contributed by atoms with Crippen LogP contribution in [-0.2, 0) is 6.54 Å². The van der Waals surface area contributed by atoms with Gasteiger partial charge in [0, 0.05) is 30.4 Å². The predicted molar refractivity (Wildman–Crippen MR) is 80.2 cm³/mol. The third-order valence-electron chi connectivity index (χ3n) is 3.03. The molecule has 20 heavy (non-hydrogen) atoms. The van der Waals surface area contributed by atoms with Crippen LogP contribution in [0.5, 0.6) is 0 Å². The zero-order chi connectivity index (χ0) is 14.5. The smallest absolute Gasteiger partial charge is 0.148 e. The molecule has 2 aromatic rings. The van der Waals surface area contributed by atoms with Crippen LogP contribution in [0.1, 0.15) is 36.7 Å². The van der Waals surface area contributed by atoms with E-state index < -0.39 is 0 Å². The first-order chi connectivity index (χ1) is 9.61. The minimum atomic E-state index is 0.240. The number of nitrogens with two attached hydrogens (primary N) is 1. The fourth-order valence-electron chi connectivity index (χ4n) is 1.79. The number of anilines is 2. The van der Waals surface area contributed by atoms with Crippen LogP contribution >= 0.6 is 0 Å². The molecule has 2 aromatic heterocycles. The van der Waals surface area contributed by atoms with Crippen molar-refractivity contribution < 1.29 is 0 Å². The van der Waals surface area contributed by atoms with Gasteiger partial charge in [0.2, 0.25) is 0 Å². The van der Waals surface area contributed by atoms with E-state index in [2.05, 4.69) is 39.5 Å². The number of hydrogen-bond donors (Lipinski definition) is 3. The average Bonchev–Trinajstić information content (AvgIpc) is 2.47. The van der Waals surface area contributed by atoms with Crippen molar-refractivity contribution in [2.24, 2.45) is 5.84 Å². The maximum Gasteiger partial charge on any atom is 0.148 e. The van der Waals surface area contributed by atoms with Crippen LogP contribution in [0, 0.1) is 6.92 Å². The van der Waals surface area contributed by atoms with Gasteiger partial charge in [0.05, 0.1) is 0 Å². The molecule has 6 heteroatoms. The van der Waals surface area contributed by atoms with Gasteiger partial charge in [-0.05, 0) is 24.6 Å². The van der Waals surface area contributed by atoms with Crippen molar-refractivity contribution in [1.82, 2.24) is 15.0 Å². The first-order valence-corrected chi connectivity index (χ1v) is 6.59. The topological polar surface area (TPSA) is 88.8 Å². The highest BCUT2D eigenvalue weighted by Crippen LogP contribution is 2.22. The average molecular weight is 272 g/mol. The Morgan fingerprint density at radius 2 is 1.80 bits per heavy atom. The zero-order valence-electron chi connectivity index (χ0n) is 12.0. The summed E-state index contributed by atoms with van der Waals surface area (Å²) in [5.41, 5.74) is 4.68. The van der Waals surface area contributed by atoms with Gasteiger partial charge < -0.3 is 10.7 Å². The summed E-state index contributed by atoms with van der Waals surface area (Å²) in [6.07, 6.45) is 3.55. The van der Waals surface area contributed by atoms with Gasteiger partial charge >= 0.3 is 0 Å². The SMILES string of the molecule is Cc1c(NN)nc(C(C)C)nc1NCc1ccncc1. The van der Waals surface area contributed by atoms with Gasteiger partial charge in [-0.3, -0.25) is 4.98 Å². The Morgan fingerprint density at radius 3 is 2.40 bits per heavy atom. The van der Waals surface area contributed by atoms with E-state index >= 15 is 0 Å². The third-order valence-corrected chi connectivity index (χ3v) is 3.03. The van der Waals surface area contributed by atoms with Crippen LogP contribution in [0.15, 0.2) is 24.5 Å². The number of nitrogens with one attached hydrogen (secondary N) is 2. The summed E-state index contributed by atoms with van der Waals surface area (Å²) in [5, 5.41) is 3.32. The summed E-state index contributed by atoms with van der Waals surface area (Å²) in [4.78, 5) is 13.0. The Hall–Kier alpha value is -2.21. The Morgan fingerprint density at radius 1 is 1.15 bits per heavy atom. The highest BCUT2D eigenvalue weighted by atomic mass is 15.3. The Bertz CT molecular complexity index is 567. The molecule has 0 spiro atoms. The second kappa shape index (κ2) is 6.29. The lowest BCUT2D eigenvalue weighted by Crippen LogP contribution is -2.15. The molecule has 0 aromatic carbocycles. The molecule has 0 unspecified atom stereocenters. The van der Waals surface area contributed by atoms with E-state index in [1.54, 1.807) is 12.4 Å². The van der Waals surface area contributed by atoms with Crippen molar-refractivity contribution in [3.63, 3.8) is 0 Å². The number of pyridine rings is 1. The van der Waals surface area contributed by atoms with E-state index in [1.807, 2.05) is 19.1 Å². The molecule has 0 atom stereocenters. The third kappa shape index (κ3) is 3.21. The predicted octanol–water partition coefficient (Wildman–Crippen LogP) is 2.20. The van der Waals surface area contributed by atoms with E-state index in [9.17, 15) is 0 Å². The van der Waals surface area contributed by atoms with Crippen LogP contribution in [0.25, 0.3) is 0 Å². The molecule has 4 N–H and O–H groups in total. The van der Waals surface area contributed by atoms with Crippen molar-refractivity contribution in [3.8, 4) is 0 Å². The van der Waals surface area contributed by atoms with Crippen molar-refractivity contribution >= 4 is 11.6 Å². The summed E-state index contributed by atoms with van der Waals surface area (Å²) in [6.45, 7) is 6.73. The van der Waals surface area contributed by atoms with Gasteiger partial charge in [-0.15, -0.1) is 0 Å². The van der Waals surface area contributed by atoms with Crippen molar-refractivity contribution in [1.29, 1.82) is 0 Å². The largest absolute Gasteiger partial charge is 0.366 e. The summed E-state index contributed by atoms with van der Waals surface area (Å²) in [7, 11) is 0. The molecule has 0 aliphatic heterocycles. The molecule has 6 nitrogen and oxygen atoms in total. The summed E-state index contributed by atoms with van der Waals surface area (Å²) < 4.78 is 0. The number of nitrogen functional groups attached to an aromatic ring is 1. The van der Waals surface area contributed by atoms with E-state index in [-0.39, 0.29) is 5.92 Å². The number of rotatable bonds is 5. The number of nitrogens with zero attached hydrogens (tertiary/aromatic N) is 3. The maximum absolute atomic E-state index is 5.52. The van der Waals surface area contributed by atoms with Crippen molar-refractivity contribution in [2.75, 3.05) is 10.7 Å². The van der Waals surface area contributed by atoms with E-state index in [1.165, 1.54) is 0 Å². The molecule has 0 amide bonds. The van der Waals surface area contributed by atoms with Crippen molar-refractivity contribution in [3.05, 3.63) is 41.5 Å². The fourth-order valence-corrected chi connectivity index (χ4v) is 1.79. The first kappa shape index (κ1) is 14.2. The minimum absolute atomic E-state index is 0.240. The van der Waals surface area contributed by atoms with Crippen LogP contribution in [0.2, 0.25) is 0 Å². The summed E-state index contributed by atoms with van der Waals surface area (Å²) in [6, 6.07) is 3.93. The Balaban J connectivity index is 2.24. The number of hydrogen-bond acceptors (Lipinski definition) is 6. The van der Waals surface area contributed by atoms with E-state index in [0.29, 0.717) is 12.4 Å². The lowest BCUT2D eigenvalue weighted by Gasteiger charge is -2.15. The molecule has 0 bridgehead atoms. The first-order valence-electron chi connectivity index (χ1n) is 6.59. The molecule has 0 aliphatic rings. The fraction of sp³-hybridized carbons (Fsp3) is 0.357. The molecular formula is C14H20N6. The molecule has 106 valence electrons. The number of hydrazine groups is 1. The van der Waals surface area contributed by atoms with Gasteiger partial charge in [0.1, 0.15) is 17.5 Å². The van der Waals surface area contributed by atoms with Gasteiger partial charge in [0.15, 0.2) is 0 Å². The molecule has 2 rings (SSSR count). The second-order valence-electron chi connectivity index (χ2n) is 4.91. The van der Waals surface area contributed by atoms with Gasteiger partial charge in [-0.25, -0.2) is 15.8 Å². The highest BCUT2D eigenvalue weighted by molar-refractivity contribution is 5.57. The van der Waals surface area contributed by atoms with E-state index in [0.717, 1.165) is 22.8 Å². The van der Waals surface area contributed by atoms with Crippen LogP contribution in [-0.4, -0.2) is 15.0 Å². The monoisotopic (exact) mass is 272 g/mol. The Kier molecular flexibility index (Phi) is 4.47. The number of aromatic nitrogens is 3. The molecule has 2 heterocycles. The lowest BCUT2D eigenvalue weighted by atomic mass is 10.2. The molecule has 0 radical (unpaired) electrons. The van der Waals surface area contributed by atoms with E-state index in [4.69, 9.17) is 5.84 Å². The summed E-state index contributed by atoms with van der Waals surface area (Å²) in [5.74, 6) is 7.98. The van der Waals surface area contributed by atoms with Crippen molar-refractivity contribution in [2.45, 2.75) is 33.2 Å². The van der Waals surface area contributed by atoms with Gasteiger partial charge in [-0.1, -0.05) is 13.8 Å². The second-order valence-corrected chi connectivity index (χ2v) is 4.91. The quantitative estimate of drug-likeness (QED) is 0.571. The van der Waals surface area contributed by atoms with Crippen LogP contribution < -0.4 is 16.6 Å². The maximum atomic E-state index is 5.52. The zero-order valence-corrected chi connectivity index (χ0v) is 12.0. The molecule has 0 saturated carbocycles.